The molecule has 5 rings (SSSR count). The summed E-state index contributed by atoms with van der Waals surface area (Å²) in [5.41, 5.74) is -0.861. The third-order valence-electron chi connectivity index (χ3n) is 7.18. The molecule has 10 atom stereocenters. The van der Waals surface area contributed by atoms with Gasteiger partial charge in [0.05, 0.1) is 6.61 Å². The second-order valence-electron chi connectivity index (χ2n) is 10.1. The molecule has 2 saturated heterocycles. The van der Waals surface area contributed by atoms with Crippen LogP contribution in [0.5, 0.6) is 23.0 Å². The van der Waals surface area contributed by atoms with E-state index in [0.29, 0.717) is 0 Å². The fraction of sp³-hybridized carbons (Fsp3) is 0.407. The summed E-state index contributed by atoms with van der Waals surface area (Å²) >= 11 is 0. The van der Waals surface area contributed by atoms with Crippen molar-refractivity contribution in [3.8, 4) is 34.3 Å². The molecule has 2 aromatic carbocycles. The number of phenolic OH excluding ortho intramolecular Hbond substituents is 2. The van der Waals surface area contributed by atoms with Crippen molar-refractivity contribution in [1.29, 1.82) is 0 Å². The molecule has 2 aliphatic heterocycles. The van der Waals surface area contributed by atoms with Crippen molar-refractivity contribution in [3.05, 3.63) is 46.6 Å². The van der Waals surface area contributed by atoms with E-state index in [1.807, 2.05) is 0 Å². The number of rotatable bonds is 7. The van der Waals surface area contributed by atoms with E-state index in [0.717, 1.165) is 24.3 Å². The van der Waals surface area contributed by atoms with E-state index >= 15 is 0 Å². The Bertz CT molecular complexity index is 1590. The van der Waals surface area contributed by atoms with Crippen LogP contribution in [0.2, 0.25) is 0 Å². The number of benzene rings is 2. The first-order valence-corrected chi connectivity index (χ1v) is 13.0. The van der Waals surface area contributed by atoms with Crippen LogP contribution in [0.4, 0.5) is 0 Å². The lowest BCUT2D eigenvalue weighted by molar-refractivity contribution is -0.277. The van der Waals surface area contributed by atoms with Gasteiger partial charge in [-0.15, -0.1) is 0 Å². The van der Waals surface area contributed by atoms with Crippen molar-refractivity contribution in [2.75, 3.05) is 6.61 Å². The molecule has 0 radical (unpaired) electrons. The van der Waals surface area contributed by atoms with Crippen LogP contribution in [-0.4, -0.2) is 125 Å². The fourth-order valence-electron chi connectivity index (χ4n) is 4.79. The zero-order valence-corrected chi connectivity index (χ0v) is 22.3. The van der Waals surface area contributed by atoms with Crippen LogP contribution in [0, 0.1) is 0 Å². The Morgan fingerprint density at radius 1 is 0.773 bits per heavy atom. The number of carboxylic acids is 1. The number of hydrogen-bond donors (Lipinski definition) is 10. The third kappa shape index (κ3) is 5.75. The van der Waals surface area contributed by atoms with Gasteiger partial charge in [0.25, 0.3) is 0 Å². The van der Waals surface area contributed by atoms with Crippen LogP contribution in [0.15, 0.2) is 45.6 Å². The number of phenols is 2. The average Bonchev–Trinajstić information content (AvgIpc) is 2.98. The highest BCUT2D eigenvalue weighted by Crippen LogP contribution is 2.37. The molecule has 17 nitrogen and oxygen atoms in total. The molecule has 3 aromatic rings. The molecule has 0 aliphatic carbocycles. The van der Waals surface area contributed by atoms with Crippen molar-refractivity contribution in [2.24, 2.45) is 0 Å². The van der Waals surface area contributed by atoms with E-state index in [4.69, 9.17) is 23.4 Å². The van der Waals surface area contributed by atoms with Crippen molar-refractivity contribution in [3.63, 3.8) is 0 Å². The molecule has 2 fully saturated rings. The number of aliphatic hydroxyl groups excluding tert-OH is 7. The molecule has 3 heterocycles. The van der Waals surface area contributed by atoms with E-state index in [1.54, 1.807) is 0 Å². The maximum absolute atomic E-state index is 12.9. The molecule has 0 amide bonds. The van der Waals surface area contributed by atoms with Gasteiger partial charge in [0.2, 0.25) is 12.6 Å². The summed E-state index contributed by atoms with van der Waals surface area (Å²) in [5.74, 6) is -3.46. The van der Waals surface area contributed by atoms with Gasteiger partial charge in [-0.2, -0.15) is 0 Å². The summed E-state index contributed by atoms with van der Waals surface area (Å²) in [6.45, 7) is -0.716. The van der Waals surface area contributed by atoms with Crippen LogP contribution in [0.1, 0.15) is 0 Å². The van der Waals surface area contributed by atoms with E-state index in [2.05, 4.69) is 0 Å². The highest BCUT2D eigenvalue weighted by molar-refractivity contribution is 5.86. The molecule has 0 spiro atoms. The van der Waals surface area contributed by atoms with Gasteiger partial charge in [0.15, 0.2) is 23.0 Å². The summed E-state index contributed by atoms with van der Waals surface area (Å²) in [6.07, 6.45) is -17.7. The van der Waals surface area contributed by atoms with Crippen LogP contribution in [-0.2, 0) is 14.3 Å². The van der Waals surface area contributed by atoms with Gasteiger partial charge in [-0.05, 0) is 18.2 Å². The van der Waals surface area contributed by atoms with E-state index in [1.165, 1.54) is 12.1 Å². The highest BCUT2D eigenvalue weighted by atomic mass is 16.7. The SMILES string of the molecule is O=C(O)C1O[C@@H](Oc2cc(O)c3c(=O)cc(-c4ccc(O)c(O[C@@H]5OC(CO)[C@@H](O)[C@H](O)C5O)c4)oc3c2)C(O)[C@@H](O)[C@@H]1O. The van der Waals surface area contributed by atoms with Crippen molar-refractivity contribution >= 4 is 16.9 Å². The lowest BCUT2D eigenvalue weighted by atomic mass is 9.99. The van der Waals surface area contributed by atoms with Crippen molar-refractivity contribution in [2.45, 2.75) is 61.4 Å². The standard InChI is InChI=1S/C27H28O17/c28-7-16-18(32)19(33)22(36)27(43-16)42-14-3-8(1-2-10(14)29)13-6-12(31)17-11(30)4-9(5-15(17)41-13)40-26-23(37)20(34)21(35)24(44-26)25(38)39/h1-6,16,18-24,26-30,32-37H,7H2,(H,38,39)/t16?,18-,19+,20+,21+,22?,23?,24?,26-,27-/m1/s1. The molecular formula is C27H28O17. The molecule has 2 aliphatic rings. The number of aromatic hydroxyl groups is 2. The van der Waals surface area contributed by atoms with E-state index in [-0.39, 0.29) is 33.8 Å². The maximum Gasteiger partial charge on any atom is 0.335 e. The Morgan fingerprint density at radius 2 is 1.43 bits per heavy atom. The molecule has 1 aromatic heterocycles. The molecule has 4 unspecified atom stereocenters. The Kier molecular flexibility index (Phi) is 8.67. The van der Waals surface area contributed by atoms with Crippen LogP contribution in [0.25, 0.3) is 22.3 Å². The predicted molar refractivity (Wildman–Crippen MR) is 141 cm³/mol. The van der Waals surface area contributed by atoms with Gasteiger partial charge in [-0.25, -0.2) is 4.79 Å². The lowest BCUT2D eigenvalue weighted by Crippen LogP contribution is -2.61. The Balaban J connectivity index is 1.45. The molecule has 44 heavy (non-hydrogen) atoms. The fourth-order valence-corrected chi connectivity index (χ4v) is 4.79. The first kappa shape index (κ1) is 31.4. The van der Waals surface area contributed by atoms with Crippen LogP contribution >= 0.6 is 0 Å². The first-order valence-electron chi connectivity index (χ1n) is 13.0. The number of fused-ring (bicyclic) bond motifs is 1. The van der Waals surface area contributed by atoms with E-state index < -0.39 is 90.9 Å². The number of hydrogen-bond acceptors (Lipinski definition) is 16. The number of carboxylic acid groups (broad SMARTS) is 1. The smallest absolute Gasteiger partial charge is 0.335 e. The Hall–Kier alpha value is -4.04. The van der Waals surface area contributed by atoms with Gasteiger partial charge in [0, 0.05) is 23.8 Å². The Labute approximate surface area is 245 Å². The van der Waals surface area contributed by atoms with Gasteiger partial charge >= 0.3 is 5.97 Å². The maximum atomic E-state index is 12.9. The first-order chi connectivity index (χ1) is 20.8. The molecule has 0 saturated carbocycles. The molecule has 17 heteroatoms. The summed E-state index contributed by atoms with van der Waals surface area (Å²) in [6, 6.07) is 6.73. The van der Waals surface area contributed by atoms with Gasteiger partial charge in [-0.1, -0.05) is 0 Å². The topological polar surface area (TPSA) is 286 Å². The number of aliphatic carboxylic acids is 1. The normalized spacial score (nSPS) is 32.3. The lowest BCUT2D eigenvalue weighted by Gasteiger charge is -2.39. The third-order valence-corrected chi connectivity index (χ3v) is 7.18. The molecule has 10 N–H and O–H groups in total. The average molecular weight is 625 g/mol. The summed E-state index contributed by atoms with van der Waals surface area (Å²) in [4.78, 5) is 24.3. The quantitative estimate of drug-likeness (QED) is 0.128. The summed E-state index contributed by atoms with van der Waals surface area (Å²) < 4.78 is 27.1. The van der Waals surface area contributed by atoms with Crippen LogP contribution in [0.3, 0.4) is 0 Å². The monoisotopic (exact) mass is 624 g/mol. The van der Waals surface area contributed by atoms with E-state index in [9.17, 15) is 60.7 Å². The van der Waals surface area contributed by atoms with Gasteiger partial charge in [-0.3, -0.25) is 4.79 Å². The molecular weight excluding hydrogens is 596 g/mol. The van der Waals surface area contributed by atoms with Crippen molar-refractivity contribution < 1.29 is 79.2 Å². The predicted octanol–water partition coefficient (Wildman–Crippen LogP) is -2.68. The number of aliphatic hydroxyl groups is 7. The minimum absolute atomic E-state index is 0.125. The number of carbonyl (C=O) groups is 1. The number of ether oxygens (including phenoxy) is 4. The zero-order valence-electron chi connectivity index (χ0n) is 22.3. The largest absolute Gasteiger partial charge is 0.507 e. The highest BCUT2D eigenvalue weighted by Gasteiger charge is 2.48. The second kappa shape index (κ2) is 12.2. The summed E-state index contributed by atoms with van der Waals surface area (Å²) in [7, 11) is 0. The molecule has 0 bridgehead atoms. The molecule has 238 valence electrons. The van der Waals surface area contributed by atoms with Crippen LogP contribution < -0.4 is 14.9 Å². The summed E-state index contributed by atoms with van der Waals surface area (Å²) in [5, 5.41) is 99.6. The van der Waals surface area contributed by atoms with Gasteiger partial charge in [0.1, 0.15) is 71.0 Å². The van der Waals surface area contributed by atoms with Gasteiger partial charge < -0.3 is 74.4 Å². The minimum atomic E-state index is -1.96. The van der Waals surface area contributed by atoms with Crippen molar-refractivity contribution in [1.82, 2.24) is 0 Å². The second-order valence-corrected chi connectivity index (χ2v) is 10.1. The minimum Gasteiger partial charge on any atom is -0.507 e. The Morgan fingerprint density at radius 3 is 2.09 bits per heavy atom. The zero-order chi connectivity index (χ0) is 32.0.